The van der Waals surface area contributed by atoms with E-state index in [0.717, 1.165) is 31.8 Å². The van der Waals surface area contributed by atoms with Gasteiger partial charge in [-0.1, -0.05) is 31.2 Å². The van der Waals surface area contributed by atoms with E-state index in [1.165, 1.54) is 43.4 Å². The fourth-order valence-corrected chi connectivity index (χ4v) is 3.71. The number of aryl methyl sites for hydroxylation is 1. The molecule has 0 aromatic heterocycles. The van der Waals surface area contributed by atoms with E-state index in [0.29, 0.717) is 6.42 Å². The van der Waals surface area contributed by atoms with E-state index in [1.807, 2.05) is 0 Å². The van der Waals surface area contributed by atoms with E-state index in [9.17, 15) is 4.79 Å². The number of hydrogen-bond donors (Lipinski definition) is 1. The molecule has 1 N–H and O–H groups in total. The van der Waals surface area contributed by atoms with Gasteiger partial charge in [-0.3, -0.25) is 4.79 Å². The van der Waals surface area contributed by atoms with Crippen LogP contribution in [0, 0.1) is 5.92 Å². The van der Waals surface area contributed by atoms with Crippen molar-refractivity contribution in [1.82, 2.24) is 10.2 Å². The van der Waals surface area contributed by atoms with Gasteiger partial charge in [0.05, 0.1) is 6.04 Å². The van der Waals surface area contributed by atoms with E-state index < -0.39 is 0 Å². The van der Waals surface area contributed by atoms with Gasteiger partial charge in [-0.15, -0.1) is 0 Å². The van der Waals surface area contributed by atoms with Crippen LogP contribution in [0.5, 0.6) is 0 Å². The number of fused-ring (bicyclic) bond motifs is 1. The lowest BCUT2D eigenvalue weighted by Crippen LogP contribution is -2.35. The van der Waals surface area contributed by atoms with Crippen LogP contribution in [0.15, 0.2) is 24.3 Å². The second-order valence-corrected chi connectivity index (χ2v) is 7.21. The van der Waals surface area contributed by atoms with E-state index in [2.05, 4.69) is 41.4 Å². The van der Waals surface area contributed by atoms with Gasteiger partial charge in [0.2, 0.25) is 5.91 Å². The summed E-state index contributed by atoms with van der Waals surface area (Å²) in [5.74, 6) is 1.11. The summed E-state index contributed by atoms with van der Waals surface area (Å²) in [7, 11) is 0. The van der Waals surface area contributed by atoms with Crippen LogP contribution >= 0.6 is 0 Å². The maximum absolute atomic E-state index is 12.4. The summed E-state index contributed by atoms with van der Waals surface area (Å²) >= 11 is 0. The molecule has 0 spiro atoms. The molecule has 3 rings (SSSR count). The summed E-state index contributed by atoms with van der Waals surface area (Å²) in [6, 6.07) is 8.78. The molecular formula is C20H30N2O. The molecule has 2 aliphatic rings. The van der Waals surface area contributed by atoms with E-state index >= 15 is 0 Å². The van der Waals surface area contributed by atoms with Gasteiger partial charge >= 0.3 is 0 Å². The van der Waals surface area contributed by atoms with Gasteiger partial charge in [-0.2, -0.15) is 0 Å². The molecule has 0 saturated heterocycles. The Hall–Kier alpha value is -1.35. The quantitative estimate of drug-likeness (QED) is 0.793. The van der Waals surface area contributed by atoms with Gasteiger partial charge in [0.25, 0.3) is 0 Å². The second kappa shape index (κ2) is 7.96. The van der Waals surface area contributed by atoms with Crippen molar-refractivity contribution >= 4 is 5.91 Å². The Morgan fingerprint density at radius 1 is 1.22 bits per heavy atom. The minimum Gasteiger partial charge on any atom is -0.349 e. The number of nitrogens with one attached hydrogen (secondary N) is 1. The largest absolute Gasteiger partial charge is 0.349 e. The molecule has 1 amide bonds. The van der Waals surface area contributed by atoms with Gasteiger partial charge in [0, 0.05) is 19.5 Å². The third-order valence-electron chi connectivity index (χ3n) is 5.11. The molecule has 1 unspecified atom stereocenters. The van der Waals surface area contributed by atoms with Crippen LogP contribution in [-0.4, -0.2) is 30.4 Å². The van der Waals surface area contributed by atoms with Crippen molar-refractivity contribution < 1.29 is 4.79 Å². The summed E-state index contributed by atoms with van der Waals surface area (Å²) in [6.45, 7) is 5.44. The van der Waals surface area contributed by atoms with E-state index in [1.54, 1.807) is 0 Å². The zero-order valence-corrected chi connectivity index (χ0v) is 14.4. The van der Waals surface area contributed by atoms with Crippen molar-refractivity contribution in [3.63, 3.8) is 0 Å². The van der Waals surface area contributed by atoms with Gasteiger partial charge in [-0.05, 0) is 62.1 Å². The summed E-state index contributed by atoms with van der Waals surface area (Å²) < 4.78 is 0. The average molecular weight is 314 g/mol. The monoisotopic (exact) mass is 314 g/mol. The minimum absolute atomic E-state index is 0.212. The first kappa shape index (κ1) is 16.5. The molecular weight excluding hydrogens is 284 g/mol. The first-order valence-electron chi connectivity index (χ1n) is 9.35. The Labute approximate surface area is 140 Å². The molecule has 23 heavy (non-hydrogen) atoms. The standard InChI is InChI=1S/C20H30N2O/c1-2-13-22(15-16-10-11-16)14-12-20(23)21-19-9-5-7-17-6-3-4-8-18(17)19/h3-4,6,8,16,19H,2,5,7,9-15H2,1H3,(H,21,23). The fraction of sp³-hybridized carbons (Fsp3) is 0.650. The molecule has 0 bridgehead atoms. The molecule has 0 aliphatic heterocycles. The fourth-order valence-electron chi connectivity index (χ4n) is 3.71. The van der Waals surface area contributed by atoms with Crippen molar-refractivity contribution in [2.75, 3.05) is 19.6 Å². The highest BCUT2D eigenvalue weighted by Gasteiger charge is 2.25. The number of rotatable bonds is 8. The van der Waals surface area contributed by atoms with Crippen LogP contribution in [0.4, 0.5) is 0 Å². The third kappa shape index (κ3) is 4.81. The van der Waals surface area contributed by atoms with Crippen LogP contribution in [0.1, 0.15) is 62.6 Å². The number of carbonyl (C=O) groups excluding carboxylic acids is 1. The smallest absolute Gasteiger partial charge is 0.221 e. The lowest BCUT2D eigenvalue weighted by Gasteiger charge is -2.27. The highest BCUT2D eigenvalue weighted by Crippen LogP contribution is 2.30. The second-order valence-electron chi connectivity index (χ2n) is 7.21. The van der Waals surface area contributed by atoms with Crippen LogP contribution in [-0.2, 0) is 11.2 Å². The Bertz CT molecular complexity index is 524. The molecule has 1 saturated carbocycles. The van der Waals surface area contributed by atoms with Gasteiger partial charge in [0.15, 0.2) is 0 Å². The average Bonchev–Trinajstić information content (AvgIpc) is 3.37. The van der Waals surface area contributed by atoms with E-state index in [-0.39, 0.29) is 11.9 Å². The van der Waals surface area contributed by atoms with Crippen LogP contribution in [0.2, 0.25) is 0 Å². The lowest BCUT2D eigenvalue weighted by atomic mass is 9.87. The number of benzene rings is 1. The summed E-state index contributed by atoms with van der Waals surface area (Å²) in [5.41, 5.74) is 2.74. The topological polar surface area (TPSA) is 32.3 Å². The molecule has 1 aromatic rings. The molecule has 0 radical (unpaired) electrons. The predicted molar refractivity (Wildman–Crippen MR) is 94.3 cm³/mol. The van der Waals surface area contributed by atoms with Crippen molar-refractivity contribution in [3.05, 3.63) is 35.4 Å². The van der Waals surface area contributed by atoms with Crippen LogP contribution in [0.25, 0.3) is 0 Å². The molecule has 1 aromatic carbocycles. The Morgan fingerprint density at radius 2 is 2.04 bits per heavy atom. The Balaban J connectivity index is 1.49. The molecule has 3 heteroatoms. The molecule has 2 aliphatic carbocycles. The van der Waals surface area contributed by atoms with Crippen LogP contribution < -0.4 is 5.32 Å². The first-order chi connectivity index (χ1) is 11.3. The number of hydrogen-bond acceptors (Lipinski definition) is 2. The zero-order chi connectivity index (χ0) is 16.1. The summed E-state index contributed by atoms with van der Waals surface area (Å²) in [5, 5.41) is 3.28. The maximum atomic E-state index is 12.4. The first-order valence-corrected chi connectivity index (χ1v) is 9.35. The molecule has 126 valence electrons. The van der Waals surface area contributed by atoms with Crippen LogP contribution in [0.3, 0.4) is 0 Å². The van der Waals surface area contributed by atoms with Gasteiger partial charge in [-0.25, -0.2) is 0 Å². The number of nitrogens with zero attached hydrogens (tertiary/aromatic N) is 1. The Kier molecular flexibility index (Phi) is 5.71. The van der Waals surface area contributed by atoms with Crippen molar-refractivity contribution in [2.45, 2.75) is 57.9 Å². The summed E-state index contributed by atoms with van der Waals surface area (Å²) in [6.07, 6.45) is 7.95. The normalized spacial score (nSPS) is 20.3. The maximum Gasteiger partial charge on any atom is 0.221 e. The molecule has 3 nitrogen and oxygen atoms in total. The minimum atomic E-state index is 0.212. The molecule has 0 heterocycles. The molecule has 1 fully saturated rings. The SMILES string of the molecule is CCCN(CCC(=O)NC1CCCc2ccccc21)CC1CC1. The zero-order valence-electron chi connectivity index (χ0n) is 14.4. The lowest BCUT2D eigenvalue weighted by molar-refractivity contribution is -0.122. The predicted octanol–water partition coefficient (Wildman–Crippen LogP) is 3.69. The van der Waals surface area contributed by atoms with Gasteiger partial charge in [0.1, 0.15) is 0 Å². The van der Waals surface area contributed by atoms with Gasteiger partial charge < -0.3 is 10.2 Å². The summed E-state index contributed by atoms with van der Waals surface area (Å²) in [4.78, 5) is 14.9. The van der Waals surface area contributed by atoms with E-state index in [4.69, 9.17) is 0 Å². The van der Waals surface area contributed by atoms with Crippen molar-refractivity contribution in [3.8, 4) is 0 Å². The Morgan fingerprint density at radius 3 is 2.83 bits per heavy atom. The highest BCUT2D eigenvalue weighted by atomic mass is 16.1. The molecule has 1 atom stereocenters. The van der Waals surface area contributed by atoms with Crippen molar-refractivity contribution in [2.24, 2.45) is 5.92 Å². The number of carbonyl (C=O) groups is 1. The number of amides is 1. The van der Waals surface area contributed by atoms with Crippen molar-refractivity contribution in [1.29, 1.82) is 0 Å². The third-order valence-corrected chi connectivity index (χ3v) is 5.11. The highest BCUT2D eigenvalue weighted by molar-refractivity contribution is 5.76.